The maximum absolute atomic E-state index is 13.7. The maximum atomic E-state index is 13.7. The van der Waals surface area contributed by atoms with E-state index in [1.807, 2.05) is 24.3 Å². The number of likely N-dealkylation sites (tertiary alicyclic amines) is 1. The van der Waals surface area contributed by atoms with Gasteiger partial charge in [0, 0.05) is 40.7 Å². The predicted octanol–water partition coefficient (Wildman–Crippen LogP) is 5.13. The maximum Gasteiger partial charge on any atom is 0.251 e. The van der Waals surface area contributed by atoms with Crippen LogP contribution >= 0.6 is 23.4 Å². The molecule has 0 aliphatic carbocycles. The molecule has 150 valence electrons. The Balaban J connectivity index is 1.38. The van der Waals surface area contributed by atoms with E-state index >= 15 is 0 Å². The number of carbonyl (C=O) groups is 1. The van der Waals surface area contributed by atoms with Crippen molar-refractivity contribution in [3.05, 3.63) is 70.0 Å². The number of carbonyl (C=O) groups excluding carboxylic acids is 1. The van der Waals surface area contributed by atoms with Gasteiger partial charge in [-0.25, -0.2) is 4.39 Å². The summed E-state index contributed by atoms with van der Waals surface area (Å²) in [5, 5.41) is 3.36. The second kappa shape index (κ2) is 10.8. The molecule has 1 N–H and O–H groups in total. The van der Waals surface area contributed by atoms with Gasteiger partial charge in [-0.2, -0.15) is 11.8 Å². The van der Waals surface area contributed by atoms with Gasteiger partial charge in [0.15, 0.2) is 0 Å². The van der Waals surface area contributed by atoms with Crippen molar-refractivity contribution in [1.29, 1.82) is 0 Å². The quantitative estimate of drug-likeness (QED) is 0.601. The molecule has 0 radical (unpaired) electrons. The second-order valence-electron chi connectivity index (χ2n) is 7.04. The van der Waals surface area contributed by atoms with Gasteiger partial charge in [-0.1, -0.05) is 36.2 Å². The van der Waals surface area contributed by atoms with Crippen LogP contribution in [0, 0.1) is 5.82 Å². The fourth-order valence-corrected chi connectivity index (χ4v) is 4.52. The van der Waals surface area contributed by atoms with Crippen LogP contribution in [0.2, 0.25) is 5.02 Å². The summed E-state index contributed by atoms with van der Waals surface area (Å²) < 4.78 is 13.7. The minimum atomic E-state index is -0.284. The normalized spacial score (nSPS) is 14.8. The van der Waals surface area contributed by atoms with Gasteiger partial charge < -0.3 is 5.32 Å². The van der Waals surface area contributed by atoms with E-state index in [2.05, 4.69) is 10.2 Å². The molecule has 2 aromatic carbocycles. The minimum absolute atomic E-state index is 0.0750. The van der Waals surface area contributed by atoms with Gasteiger partial charge >= 0.3 is 0 Å². The van der Waals surface area contributed by atoms with Crippen molar-refractivity contribution in [2.45, 2.75) is 31.6 Å². The van der Waals surface area contributed by atoms with Gasteiger partial charge in [0.1, 0.15) is 5.82 Å². The molecule has 1 saturated heterocycles. The lowest BCUT2D eigenvalue weighted by atomic mass is 10.1. The predicted molar refractivity (Wildman–Crippen MR) is 115 cm³/mol. The number of hydrogen-bond donors (Lipinski definition) is 1. The molecule has 6 heteroatoms. The standard InChI is InChI=1S/C22H26ClFN2OS/c23-20-5-4-6-21(24)19(20)16-28-14-11-25-22(27)18-9-7-17(8-10-18)15-26-12-2-1-3-13-26/h4-10H,1-3,11-16H2,(H,25,27). The number of thioether (sulfide) groups is 1. The highest BCUT2D eigenvalue weighted by molar-refractivity contribution is 7.98. The van der Waals surface area contributed by atoms with E-state index in [9.17, 15) is 9.18 Å². The van der Waals surface area contributed by atoms with Crippen LogP contribution in [-0.2, 0) is 12.3 Å². The van der Waals surface area contributed by atoms with Crippen molar-refractivity contribution in [3.63, 3.8) is 0 Å². The number of hydrogen-bond acceptors (Lipinski definition) is 3. The highest BCUT2D eigenvalue weighted by Gasteiger charge is 2.11. The third kappa shape index (κ3) is 6.23. The Morgan fingerprint density at radius 2 is 1.86 bits per heavy atom. The van der Waals surface area contributed by atoms with Crippen LogP contribution in [-0.4, -0.2) is 36.2 Å². The first-order chi connectivity index (χ1) is 13.6. The molecule has 1 amide bonds. The van der Waals surface area contributed by atoms with Crippen molar-refractivity contribution in [2.75, 3.05) is 25.4 Å². The minimum Gasteiger partial charge on any atom is -0.351 e. The van der Waals surface area contributed by atoms with E-state index in [1.54, 1.807) is 23.9 Å². The first kappa shape index (κ1) is 21.2. The Labute approximate surface area is 175 Å². The van der Waals surface area contributed by atoms with E-state index in [1.165, 1.54) is 30.9 Å². The molecular formula is C22H26ClFN2OS. The molecule has 1 fully saturated rings. The van der Waals surface area contributed by atoms with Crippen molar-refractivity contribution in [2.24, 2.45) is 0 Å². The van der Waals surface area contributed by atoms with Crippen LogP contribution in [0.15, 0.2) is 42.5 Å². The Morgan fingerprint density at radius 1 is 1.11 bits per heavy atom. The summed E-state index contributed by atoms with van der Waals surface area (Å²) in [6, 6.07) is 12.6. The van der Waals surface area contributed by atoms with E-state index in [-0.39, 0.29) is 11.7 Å². The summed E-state index contributed by atoms with van der Waals surface area (Å²) in [5.41, 5.74) is 2.44. The molecule has 1 aliphatic heterocycles. The summed E-state index contributed by atoms with van der Waals surface area (Å²) in [5.74, 6) is 0.832. The van der Waals surface area contributed by atoms with Gasteiger partial charge in [0.25, 0.3) is 5.91 Å². The SMILES string of the molecule is O=C(NCCSCc1c(F)cccc1Cl)c1ccc(CN2CCCCC2)cc1. The molecule has 3 rings (SSSR count). The largest absolute Gasteiger partial charge is 0.351 e. The molecule has 3 nitrogen and oxygen atoms in total. The Bertz CT molecular complexity index is 758. The van der Waals surface area contributed by atoms with E-state index in [4.69, 9.17) is 11.6 Å². The number of amides is 1. The van der Waals surface area contributed by atoms with Gasteiger partial charge in [-0.05, 0) is 55.8 Å². The first-order valence-electron chi connectivity index (χ1n) is 9.73. The van der Waals surface area contributed by atoms with Gasteiger partial charge in [-0.15, -0.1) is 0 Å². The van der Waals surface area contributed by atoms with Crippen LogP contribution < -0.4 is 5.32 Å². The third-order valence-corrected chi connectivity index (χ3v) is 6.25. The van der Waals surface area contributed by atoms with Gasteiger partial charge in [0.2, 0.25) is 0 Å². The highest BCUT2D eigenvalue weighted by atomic mass is 35.5. The molecule has 1 aliphatic rings. The van der Waals surface area contributed by atoms with Crippen molar-refractivity contribution in [1.82, 2.24) is 10.2 Å². The second-order valence-corrected chi connectivity index (χ2v) is 8.55. The lowest BCUT2D eigenvalue weighted by molar-refractivity contribution is 0.0956. The molecule has 0 saturated carbocycles. The zero-order chi connectivity index (χ0) is 19.8. The van der Waals surface area contributed by atoms with Crippen molar-refractivity contribution >= 4 is 29.3 Å². The fourth-order valence-electron chi connectivity index (χ4n) is 3.32. The number of halogens is 2. The summed E-state index contributed by atoms with van der Waals surface area (Å²) in [4.78, 5) is 14.7. The van der Waals surface area contributed by atoms with E-state index in [0.29, 0.717) is 34.2 Å². The molecule has 2 aromatic rings. The lowest BCUT2D eigenvalue weighted by Crippen LogP contribution is -2.29. The van der Waals surface area contributed by atoms with E-state index < -0.39 is 0 Å². The average molecular weight is 421 g/mol. The lowest BCUT2D eigenvalue weighted by Gasteiger charge is -2.26. The number of piperidine rings is 1. The molecule has 0 atom stereocenters. The molecular weight excluding hydrogens is 395 g/mol. The monoisotopic (exact) mass is 420 g/mol. The van der Waals surface area contributed by atoms with Crippen molar-refractivity contribution in [3.8, 4) is 0 Å². The smallest absolute Gasteiger partial charge is 0.251 e. The highest BCUT2D eigenvalue weighted by Crippen LogP contribution is 2.23. The molecule has 28 heavy (non-hydrogen) atoms. The molecule has 0 spiro atoms. The molecule has 0 unspecified atom stereocenters. The number of benzene rings is 2. The fraction of sp³-hybridized carbons (Fsp3) is 0.409. The molecule has 0 aromatic heterocycles. The van der Waals surface area contributed by atoms with Crippen molar-refractivity contribution < 1.29 is 9.18 Å². The zero-order valence-electron chi connectivity index (χ0n) is 15.9. The van der Waals surface area contributed by atoms with E-state index in [0.717, 1.165) is 19.6 Å². The molecule has 1 heterocycles. The van der Waals surface area contributed by atoms with Gasteiger partial charge in [-0.3, -0.25) is 9.69 Å². The van der Waals surface area contributed by atoms with Crippen LogP contribution in [0.3, 0.4) is 0 Å². The molecule has 0 bridgehead atoms. The van der Waals surface area contributed by atoms with Gasteiger partial charge in [0.05, 0.1) is 0 Å². The Morgan fingerprint density at radius 3 is 2.57 bits per heavy atom. The zero-order valence-corrected chi connectivity index (χ0v) is 17.5. The van der Waals surface area contributed by atoms with Crippen LogP contribution in [0.4, 0.5) is 4.39 Å². The number of nitrogens with one attached hydrogen (secondary N) is 1. The number of nitrogens with zero attached hydrogens (tertiary/aromatic N) is 1. The summed E-state index contributed by atoms with van der Waals surface area (Å²) in [7, 11) is 0. The first-order valence-corrected chi connectivity index (χ1v) is 11.3. The van der Waals surface area contributed by atoms with Crippen LogP contribution in [0.25, 0.3) is 0 Å². The summed E-state index contributed by atoms with van der Waals surface area (Å²) >= 11 is 7.57. The topological polar surface area (TPSA) is 32.3 Å². The van der Waals surface area contributed by atoms with Crippen LogP contribution in [0.5, 0.6) is 0 Å². The number of rotatable bonds is 8. The average Bonchev–Trinajstić information content (AvgIpc) is 2.71. The summed E-state index contributed by atoms with van der Waals surface area (Å²) in [6.45, 7) is 3.82. The third-order valence-electron chi connectivity index (χ3n) is 4.91. The Kier molecular flexibility index (Phi) is 8.19. The van der Waals surface area contributed by atoms with Crippen LogP contribution in [0.1, 0.15) is 40.7 Å². The summed E-state index contributed by atoms with van der Waals surface area (Å²) in [6.07, 6.45) is 3.89. The Hall–Kier alpha value is -1.56.